The second kappa shape index (κ2) is 4.69. The van der Waals surface area contributed by atoms with Crippen LogP contribution in [-0.2, 0) is 12.7 Å². The summed E-state index contributed by atoms with van der Waals surface area (Å²) in [6.07, 6.45) is -3.88. The molecule has 5 nitrogen and oxygen atoms in total. The van der Waals surface area contributed by atoms with Crippen molar-refractivity contribution in [2.45, 2.75) is 12.7 Å². The summed E-state index contributed by atoms with van der Waals surface area (Å²) in [5.74, 6) is -1.13. The first-order valence-corrected chi connectivity index (χ1v) is 4.12. The summed E-state index contributed by atoms with van der Waals surface area (Å²) in [7, 11) is 0. The van der Waals surface area contributed by atoms with Gasteiger partial charge in [-0.25, -0.2) is 4.79 Å². The number of carbonyl (C=O) groups excluding carboxylic acids is 1. The first-order valence-electron chi connectivity index (χ1n) is 4.12. The van der Waals surface area contributed by atoms with Crippen molar-refractivity contribution in [1.29, 1.82) is 5.41 Å². The number of hydrogen-bond donors (Lipinski definition) is 3. The van der Waals surface area contributed by atoms with E-state index in [1.165, 1.54) is 0 Å². The number of rotatable bonds is 3. The number of hydrogen-bond acceptors (Lipinski definition) is 3. The summed E-state index contributed by atoms with van der Waals surface area (Å²) in [6.45, 7) is -0.185. The summed E-state index contributed by atoms with van der Waals surface area (Å²) in [6, 6.07) is 1.21. The number of halogens is 3. The number of nitrogens with one attached hydrogen (secondary N) is 3. The number of urea groups is 1. The predicted octanol–water partition coefficient (Wildman–Crippen LogP) is 1.70. The van der Waals surface area contributed by atoms with E-state index >= 15 is 0 Å². The average Bonchev–Trinajstić information content (AvgIpc) is 2.63. The van der Waals surface area contributed by atoms with E-state index in [9.17, 15) is 18.0 Å². The molecule has 0 spiro atoms. The zero-order valence-electron chi connectivity index (χ0n) is 7.89. The Hall–Kier alpha value is -1.99. The molecular weight excluding hydrogens is 227 g/mol. The molecule has 8 heteroatoms. The standard InChI is InChI=1S/C8H8F3N3O2/c9-8(10,11)6-2-1-5(16-6)3-13-7(15)14-4-12/h1-2,4H,3H2,(H3,12,13,14,15). The summed E-state index contributed by atoms with van der Waals surface area (Å²) in [5, 5.41) is 10.7. The van der Waals surface area contributed by atoms with Crippen LogP contribution in [0.5, 0.6) is 0 Å². The minimum atomic E-state index is -4.53. The van der Waals surface area contributed by atoms with E-state index in [0.717, 1.165) is 12.1 Å². The first kappa shape index (κ1) is 12.1. The predicted molar refractivity (Wildman–Crippen MR) is 47.9 cm³/mol. The molecule has 0 saturated heterocycles. The van der Waals surface area contributed by atoms with E-state index in [-0.39, 0.29) is 12.3 Å². The van der Waals surface area contributed by atoms with Crippen molar-refractivity contribution >= 4 is 12.4 Å². The fourth-order valence-electron chi connectivity index (χ4n) is 0.909. The lowest BCUT2D eigenvalue weighted by Crippen LogP contribution is -2.33. The zero-order chi connectivity index (χ0) is 12.2. The normalized spacial score (nSPS) is 10.9. The Morgan fingerprint density at radius 3 is 2.69 bits per heavy atom. The highest BCUT2D eigenvalue weighted by Crippen LogP contribution is 2.30. The molecule has 0 atom stereocenters. The van der Waals surface area contributed by atoms with E-state index < -0.39 is 18.0 Å². The van der Waals surface area contributed by atoms with Crippen molar-refractivity contribution in [3.63, 3.8) is 0 Å². The number of amides is 2. The van der Waals surface area contributed by atoms with Crippen LogP contribution in [-0.4, -0.2) is 12.4 Å². The van der Waals surface area contributed by atoms with Crippen LogP contribution in [0.25, 0.3) is 0 Å². The highest BCUT2D eigenvalue weighted by Gasteiger charge is 2.34. The third-order valence-electron chi connectivity index (χ3n) is 1.57. The van der Waals surface area contributed by atoms with Crippen LogP contribution < -0.4 is 10.6 Å². The molecule has 0 aliphatic carbocycles. The number of carbonyl (C=O) groups is 1. The molecular formula is C8H8F3N3O2. The van der Waals surface area contributed by atoms with Crippen LogP contribution in [0.3, 0.4) is 0 Å². The maximum Gasteiger partial charge on any atom is 0.449 e. The zero-order valence-corrected chi connectivity index (χ0v) is 7.89. The fraction of sp³-hybridized carbons (Fsp3) is 0.250. The maximum absolute atomic E-state index is 12.1. The Morgan fingerprint density at radius 1 is 1.50 bits per heavy atom. The molecule has 1 rings (SSSR count). The summed E-state index contributed by atoms with van der Waals surface area (Å²) in [5.41, 5.74) is 0. The molecule has 88 valence electrons. The minimum Gasteiger partial charge on any atom is -0.455 e. The second-order valence-corrected chi connectivity index (χ2v) is 2.74. The van der Waals surface area contributed by atoms with Gasteiger partial charge >= 0.3 is 12.2 Å². The molecule has 2 amide bonds. The van der Waals surface area contributed by atoms with Gasteiger partial charge in [0.05, 0.1) is 12.9 Å². The SMILES string of the molecule is N=CNC(=O)NCc1ccc(C(F)(F)F)o1. The molecule has 0 fully saturated rings. The van der Waals surface area contributed by atoms with Crippen LogP contribution in [0.2, 0.25) is 0 Å². The lowest BCUT2D eigenvalue weighted by molar-refractivity contribution is -0.153. The lowest BCUT2D eigenvalue weighted by atomic mass is 10.4. The quantitative estimate of drug-likeness (QED) is 0.550. The second-order valence-electron chi connectivity index (χ2n) is 2.74. The van der Waals surface area contributed by atoms with Crippen molar-refractivity contribution in [3.8, 4) is 0 Å². The van der Waals surface area contributed by atoms with Gasteiger partial charge in [-0.2, -0.15) is 13.2 Å². The van der Waals surface area contributed by atoms with E-state index in [1.807, 2.05) is 5.32 Å². The van der Waals surface area contributed by atoms with Gasteiger partial charge in [-0.3, -0.25) is 10.7 Å². The molecule has 0 bridgehead atoms. The Bertz CT molecular complexity index is 386. The molecule has 0 aliphatic rings. The van der Waals surface area contributed by atoms with Gasteiger partial charge in [0.15, 0.2) is 0 Å². The van der Waals surface area contributed by atoms with E-state index in [0.29, 0.717) is 6.34 Å². The molecule has 1 heterocycles. The molecule has 0 unspecified atom stereocenters. The van der Waals surface area contributed by atoms with Crippen LogP contribution in [0.1, 0.15) is 11.5 Å². The molecule has 1 aromatic rings. The third-order valence-corrected chi connectivity index (χ3v) is 1.57. The third kappa shape index (κ3) is 3.30. The minimum absolute atomic E-state index is 0.0209. The van der Waals surface area contributed by atoms with Gasteiger partial charge in [0.2, 0.25) is 5.76 Å². The van der Waals surface area contributed by atoms with Gasteiger partial charge in [-0.15, -0.1) is 0 Å². The average molecular weight is 235 g/mol. The molecule has 0 radical (unpaired) electrons. The molecule has 3 N–H and O–H groups in total. The van der Waals surface area contributed by atoms with E-state index in [1.54, 1.807) is 0 Å². The van der Waals surface area contributed by atoms with E-state index in [2.05, 4.69) is 9.73 Å². The smallest absolute Gasteiger partial charge is 0.449 e. The van der Waals surface area contributed by atoms with Crippen molar-refractivity contribution in [3.05, 3.63) is 23.7 Å². The Kier molecular flexibility index (Phi) is 3.54. The molecule has 1 aromatic heterocycles. The summed E-state index contributed by atoms with van der Waals surface area (Å²) in [4.78, 5) is 10.8. The van der Waals surface area contributed by atoms with Crippen LogP contribution in [0, 0.1) is 5.41 Å². The van der Waals surface area contributed by atoms with Crippen LogP contribution >= 0.6 is 0 Å². The van der Waals surface area contributed by atoms with Crippen molar-refractivity contribution in [1.82, 2.24) is 10.6 Å². The first-order chi connectivity index (χ1) is 7.43. The molecule has 0 saturated carbocycles. The topological polar surface area (TPSA) is 78.1 Å². The highest BCUT2D eigenvalue weighted by atomic mass is 19.4. The van der Waals surface area contributed by atoms with E-state index in [4.69, 9.17) is 5.41 Å². The van der Waals surface area contributed by atoms with Crippen molar-refractivity contribution in [2.75, 3.05) is 0 Å². The number of alkyl halides is 3. The van der Waals surface area contributed by atoms with Gasteiger partial charge in [0.1, 0.15) is 5.76 Å². The fourth-order valence-corrected chi connectivity index (χ4v) is 0.909. The molecule has 0 aliphatic heterocycles. The summed E-state index contributed by atoms with van der Waals surface area (Å²) >= 11 is 0. The van der Waals surface area contributed by atoms with Gasteiger partial charge in [0, 0.05) is 0 Å². The van der Waals surface area contributed by atoms with Gasteiger partial charge < -0.3 is 9.73 Å². The monoisotopic (exact) mass is 235 g/mol. The molecule has 16 heavy (non-hydrogen) atoms. The Labute approximate surface area is 88.1 Å². The van der Waals surface area contributed by atoms with Crippen LogP contribution in [0.15, 0.2) is 16.5 Å². The Balaban J connectivity index is 2.53. The van der Waals surface area contributed by atoms with Crippen molar-refractivity contribution in [2.24, 2.45) is 0 Å². The highest BCUT2D eigenvalue weighted by molar-refractivity contribution is 5.84. The van der Waals surface area contributed by atoms with Crippen LogP contribution in [0.4, 0.5) is 18.0 Å². The number of furan rings is 1. The van der Waals surface area contributed by atoms with Gasteiger partial charge in [-0.1, -0.05) is 0 Å². The lowest BCUT2D eigenvalue weighted by Gasteiger charge is -2.02. The summed E-state index contributed by atoms with van der Waals surface area (Å²) < 4.78 is 40.7. The van der Waals surface area contributed by atoms with Gasteiger partial charge in [-0.05, 0) is 12.1 Å². The Morgan fingerprint density at radius 2 is 2.19 bits per heavy atom. The molecule has 0 aromatic carbocycles. The van der Waals surface area contributed by atoms with Crippen molar-refractivity contribution < 1.29 is 22.4 Å². The maximum atomic E-state index is 12.1. The van der Waals surface area contributed by atoms with Gasteiger partial charge in [0.25, 0.3) is 0 Å². The largest absolute Gasteiger partial charge is 0.455 e.